The van der Waals surface area contributed by atoms with Crippen molar-refractivity contribution in [2.24, 2.45) is 11.8 Å². The Morgan fingerprint density at radius 2 is 2.03 bits per heavy atom. The molecule has 2 fully saturated rings. The summed E-state index contributed by atoms with van der Waals surface area (Å²) in [7, 11) is 0. The predicted octanol–water partition coefficient (Wildman–Crippen LogP) is 3.81. The molecule has 31 heavy (non-hydrogen) atoms. The average molecular weight is 443 g/mol. The lowest BCUT2D eigenvalue weighted by Crippen LogP contribution is -2.25. The van der Waals surface area contributed by atoms with Crippen LogP contribution in [0.2, 0.25) is 5.02 Å². The number of aliphatic hydroxyl groups excluding tert-OH is 1. The van der Waals surface area contributed by atoms with E-state index in [0.717, 1.165) is 0 Å². The minimum Gasteiger partial charge on any atom is -0.491 e. The van der Waals surface area contributed by atoms with Crippen molar-refractivity contribution >= 4 is 23.5 Å². The van der Waals surface area contributed by atoms with Gasteiger partial charge in [0.25, 0.3) is 0 Å². The Morgan fingerprint density at radius 3 is 2.81 bits per heavy atom. The van der Waals surface area contributed by atoms with E-state index in [-0.39, 0.29) is 36.9 Å². The van der Waals surface area contributed by atoms with Crippen LogP contribution in [0.15, 0.2) is 66.7 Å². The standard InChI is InChI=1S/C24H23ClO6/c25-16-7-4-8-18(11-16)29-14-17(26)9-10-19-20-12-23(27)30-22(20)13-21(19)31-24(28)15-5-2-1-3-6-15/h1-11,17,19-22,26H,12-14H2/b10-9+/t17?,19-,20-,21?,22?/m1/s1. The molecule has 0 aromatic heterocycles. The maximum absolute atomic E-state index is 12.5. The number of aliphatic hydroxyl groups is 1. The van der Waals surface area contributed by atoms with Gasteiger partial charge in [0.05, 0.1) is 12.0 Å². The molecule has 0 amide bonds. The number of esters is 2. The highest BCUT2D eigenvalue weighted by atomic mass is 35.5. The number of fused-ring (bicyclic) bond motifs is 1. The van der Waals surface area contributed by atoms with E-state index >= 15 is 0 Å². The Balaban J connectivity index is 1.41. The SMILES string of the molecule is O=C1C[C@H]2C(CC(OC(=O)c3ccccc3)[C@@H]2/C=C/C(O)COc2cccc(Cl)c2)O1. The summed E-state index contributed by atoms with van der Waals surface area (Å²) in [5, 5.41) is 10.9. The molecule has 4 rings (SSSR count). The number of hydrogen-bond donors (Lipinski definition) is 1. The normalized spacial score (nSPS) is 25.8. The van der Waals surface area contributed by atoms with Crippen LogP contribution < -0.4 is 4.74 Å². The predicted molar refractivity (Wildman–Crippen MR) is 114 cm³/mol. The third kappa shape index (κ3) is 5.27. The molecular weight excluding hydrogens is 420 g/mol. The number of ether oxygens (including phenoxy) is 3. The van der Waals surface area contributed by atoms with Gasteiger partial charge in [-0.25, -0.2) is 4.79 Å². The van der Waals surface area contributed by atoms with Crippen LogP contribution >= 0.6 is 11.6 Å². The van der Waals surface area contributed by atoms with Gasteiger partial charge in [0.2, 0.25) is 0 Å². The van der Waals surface area contributed by atoms with Gasteiger partial charge in [-0.15, -0.1) is 0 Å². The molecule has 2 aromatic rings. The molecule has 0 radical (unpaired) electrons. The minimum atomic E-state index is -0.874. The third-order valence-electron chi connectivity index (χ3n) is 5.59. The van der Waals surface area contributed by atoms with Crippen molar-refractivity contribution in [3.8, 4) is 5.75 Å². The van der Waals surface area contributed by atoms with E-state index in [2.05, 4.69) is 0 Å². The first kappa shape index (κ1) is 21.4. The van der Waals surface area contributed by atoms with E-state index in [4.69, 9.17) is 25.8 Å². The molecule has 2 aromatic carbocycles. The zero-order valence-electron chi connectivity index (χ0n) is 16.7. The molecule has 0 bridgehead atoms. The van der Waals surface area contributed by atoms with Gasteiger partial charge in [-0.3, -0.25) is 4.79 Å². The monoisotopic (exact) mass is 442 g/mol. The molecule has 5 atom stereocenters. The molecule has 3 unspecified atom stereocenters. The quantitative estimate of drug-likeness (QED) is 0.518. The Morgan fingerprint density at radius 1 is 1.23 bits per heavy atom. The fourth-order valence-electron chi connectivity index (χ4n) is 4.12. The zero-order valence-corrected chi connectivity index (χ0v) is 17.5. The summed E-state index contributed by atoms with van der Waals surface area (Å²) in [6.07, 6.45) is 2.55. The molecule has 162 valence electrons. The number of carbonyl (C=O) groups excluding carboxylic acids is 2. The van der Waals surface area contributed by atoms with Gasteiger partial charge in [0, 0.05) is 23.3 Å². The Kier molecular flexibility index (Phi) is 6.59. The molecule has 1 saturated carbocycles. The highest BCUT2D eigenvalue weighted by molar-refractivity contribution is 6.30. The zero-order chi connectivity index (χ0) is 21.8. The number of benzene rings is 2. The van der Waals surface area contributed by atoms with Crippen molar-refractivity contribution in [1.29, 1.82) is 0 Å². The van der Waals surface area contributed by atoms with Gasteiger partial charge in [-0.05, 0) is 30.3 Å². The Hall–Kier alpha value is -2.83. The second-order valence-corrected chi connectivity index (χ2v) is 8.18. The summed E-state index contributed by atoms with van der Waals surface area (Å²) in [5.41, 5.74) is 0.467. The summed E-state index contributed by atoms with van der Waals surface area (Å²) in [6.45, 7) is 0.0432. The molecule has 1 N–H and O–H groups in total. The highest BCUT2D eigenvalue weighted by Gasteiger charge is 2.50. The maximum Gasteiger partial charge on any atom is 0.338 e. The number of halogens is 1. The van der Waals surface area contributed by atoms with Crippen LogP contribution in [0.4, 0.5) is 0 Å². The Labute approximate surface area is 185 Å². The molecule has 6 nitrogen and oxygen atoms in total. The first-order valence-electron chi connectivity index (χ1n) is 10.2. The van der Waals surface area contributed by atoms with Crippen LogP contribution in [0, 0.1) is 11.8 Å². The van der Waals surface area contributed by atoms with Crippen LogP contribution in [0.1, 0.15) is 23.2 Å². The van der Waals surface area contributed by atoms with Crippen molar-refractivity contribution < 1.29 is 28.9 Å². The summed E-state index contributed by atoms with van der Waals surface area (Å²) in [5.74, 6) is -0.417. The van der Waals surface area contributed by atoms with Crippen LogP contribution in [0.5, 0.6) is 5.75 Å². The van der Waals surface area contributed by atoms with Crippen molar-refractivity contribution in [2.75, 3.05) is 6.61 Å². The second kappa shape index (κ2) is 9.54. The average Bonchev–Trinajstić information content (AvgIpc) is 3.27. The van der Waals surface area contributed by atoms with Crippen molar-refractivity contribution in [3.63, 3.8) is 0 Å². The third-order valence-corrected chi connectivity index (χ3v) is 5.83. The van der Waals surface area contributed by atoms with E-state index in [9.17, 15) is 14.7 Å². The van der Waals surface area contributed by atoms with Gasteiger partial charge < -0.3 is 19.3 Å². The number of rotatable bonds is 7. The molecule has 1 saturated heterocycles. The summed E-state index contributed by atoms with van der Waals surface area (Å²) < 4.78 is 16.7. The van der Waals surface area contributed by atoms with Crippen molar-refractivity contribution in [1.82, 2.24) is 0 Å². The molecule has 1 aliphatic carbocycles. The lowest BCUT2D eigenvalue weighted by molar-refractivity contribution is -0.141. The maximum atomic E-state index is 12.5. The van der Waals surface area contributed by atoms with E-state index in [1.54, 1.807) is 54.6 Å². The molecular formula is C24H23ClO6. The fraction of sp³-hybridized carbons (Fsp3) is 0.333. The molecule has 0 spiro atoms. The molecule has 7 heteroatoms. The van der Waals surface area contributed by atoms with Crippen LogP contribution in [-0.4, -0.2) is 42.0 Å². The summed E-state index contributed by atoms with van der Waals surface area (Å²) in [6, 6.07) is 15.7. The molecule has 1 aliphatic heterocycles. The smallest absolute Gasteiger partial charge is 0.338 e. The van der Waals surface area contributed by atoms with E-state index in [1.807, 2.05) is 12.1 Å². The van der Waals surface area contributed by atoms with E-state index in [0.29, 0.717) is 22.8 Å². The minimum absolute atomic E-state index is 0.0432. The second-order valence-electron chi connectivity index (χ2n) is 7.74. The van der Waals surface area contributed by atoms with Gasteiger partial charge in [0.1, 0.15) is 30.7 Å². The molecule has 1 heterocycles. The van der Waals surface area contributed by atoms with Gasteiger partial charge in [0.15, 0.2) is 0 Å². The van der Waals surface area contributed by atoms with Gasteiger partial charge >= 0.3 is 11.9 Å². The van der Waals surface area contributed by atoms with Crippen LogP contribution in [-0.2, 0) is 14.3 Å². The summed E-state index contributed by atoms with van der Waals surface area (Å²) >= 11 is 5.94. The van der Waals surface area contributed by atoms with Crippen molar-refractivity contribution in [3.05, 3.63) is 77.3 Å². The number of hydrogen-bond acceptors (Lipinski definition) is 6. The van der Waals surface area contributed by atoms with Gasteiger partial charge in [-0.2, -0.15) is 0 Å². The van der Waals surface area contributed by atoms with Gasteiger partial charge in [-0.1, -0.05) is 48.0 Å². The first-order valence-corrected chi connectivity index (χ1v) is 10.6. The van der Waals surface area contributed by atoms with E-state index in [1.165, 1.54) is 0 Å². The highest BCUT2D eigenvalue weighted by Crippen LogP contribution is 2.43. The van der Waals surface area contributed by atoms with E-state index < -0.39 is 18.2 Å². The lowest BCUT2D eigenvalue weighted by atomic mass is 9.91. The number of carbonyl (C=O) groups is 2. The lowest BCUT2D eigenvalue weighted by Gasteiger charge is -2.20. The topological polar surface area (TPSA) is 82.1 Å². The van der Waals surface area contributed by atoms with Crippen LogP contribution in [0.25, 0.3) is 0 Å². The van der Waals surface area contributed by atoms with Crippen molar-refractivity contribution in [2.45, 2.75) is 31.2 Å². The first-order chi connectivity index (χ1) is 15.0. The van der Waals surface area contributed by atoms with Crippen LogP contribution in [0.3, 0.4) is 0 Å². The fourth-order valence-corrected chi connectivity index (χ4v) is 4.30. The molecule has 2 aliphatic rings. The summed E-state index contributed by atoms with van der Waals surface area (Å²) in [4.78, 5) is 24.3. The Bertz CT molecular complexity index is 960. The largest absolute Gasteiger partial charge is 0.491 e.